The number of nitro groups is 1. The number of nitro benzene ring substituents is 1. The first-order valence-electron chi connectivity index (χ1n) is 8.65. The Morgan fingerprint density at radius 1 is 1.15 bits per heavy atom. The van der Waals surface area contributed by atoms with Crippen LogP contribution in [0.2, 0.25) is 0 Å². The highest BCUT2D eigenvalue weighted by atomic mass is 16.6. The van der Waals surface area contributed by atoms with Crippen molar-refractivity contribution < 1.29 is 9.72 Å². The van der Waals surface area contributed by atoms with Gasteiger partial charge in [0.25, 0.3) is 11.6 Å². The molecule has 3 aromatic rings. The van der Waals surface area contributed by atoms with Gasteiger partial charge in [0.1, 0.15) is 5.69 Å². The first-order chi connectivity index (χ1) is 12.6. The van der Waals surface area contributed by atoms with Crippen LogP contribution in [0.4, 0.5) is 5.69 Å². The Hall–Kier alpha value is -3.15. The molecule has 0 saturated heterocycles. The van der Waals surface area contributed by atoms with E-state index in [1.165, 1.54) is 11.6 Å². The van der Waals surface area contributed by atoms with Gasteiger partial charge in [0, 0.05) is 43.2 Å². The number of hydrogen-bond acceptors (Lipinski definition) is 3. The van der Waals surface area contributed by atoms with Crippen molar-refractivity contribution in [2.75, 3.05) is 13.6 Å². The van der Waals surface area contributed by atoms with E-state index in [0.29, 0.717) is 25.2 Å². The standard InChI is InChI=1S/C20H19N3O3/c1-21-11-10-16-17-13-15(23(25)26)7-8-18(17)22(19(16)20(21)24)12-9-14-5-3-2-4-6-14/h2-8,13H,9-12H2,1H3. The second kappa shape index (κ2) is 6.29. The molecular formula is C20H19N3O3. The molecule has 26 heavy (non-hydrogen) atoms. The van der Waals surface area contributed by atoms with Crippen LogP contribution in [0.25, 0.3) is 10.9 Å². The summed E-state index contributed by atoms with van der Waals surface area (Å²) in [7, 11) is 1.80. The van der Waals surface area contributed by atoms with Crippen molar-refractivity contribution in [1.29, 1.82) is 0 Å². The lowest BCUT2D eigenvalue weighted by Crippen LogP contribution is -2.35. The number of fused-ring (bicyclic) bond motifs is 3. The lowest BCUT2D eigenvalue weighted by Gasteiger charge is -2.24. The van der Waals surface area contributed by atoms with E-state index in [9.17, 15) is 14.9 Å². The lowest BCUT2D eigenvalue weighted by atomic mass is 10.0. The first-order valence-corrected chi connectivity index (χ1v) is 8.65. The van der Waals surface area contributed by atoms with Gasteiger partial charge < -0.3 is 9.47 Å². The van der Waals surface area contributed by atoms with Gasteiger partial charge in [-0.1, -0.05) is 30.3 Å². The number of likely N-dealkylation sites (N-methyl/N-ethyl adjacent to an activating group) is 1. The fraction of sp³-hybridized carbons (Fsp3) is 0.250. The van der Waals surface area contributed by atoms with Gasteiger partial charge in [0.15, 0.2) is 0 Å². The molecule has 4 rings (SSSR count). The predicted octanol–water partition coefficient (Wildman–Crippen LogP) is 3.42. The molecule has 0 unspecified atom stereocenters. The number of amides is 1. The molecule has 0 saturated carbocycles. The average Bonchev–Trinajstić information content (AvgIpc) is 2.97. The zero-order chi connectivity index (χ0) is 18.3. The van der Waals surface area contributed by atoms with Gasteiger partial charge in [-0.3, -0.25) is 14.9 Å². The molecule has 0 fully saturated rings. The third-order valence-corrected chi connectivity index (χ3v) is 5.08. The van der Waals surface area contributed by atoms with Crippen LogP contribution in [-0.2, 0) is 19.4 Å². The van der Waals surface area contributed by atoms with Gasteiger partial charge in [-0.15, -0.1) is 0 Å². The number of hydrogen-bond donors (Lipinski definition) is 0. The zero-order valence-electron chi connectivity index (χ0n) is 14.5. The fourth-order valence-electron chi connectivity index (χ4n) is 3.70. The highest BCUT2D eigenvalue weighted by Crippen LogP contribution is 2.33. The van der Waals surface area contributed by atoms with E-state index in [1.807, 2.05) is 22.8 Å². The number of non-ortho nitro benzene ring substituents is 1. The number of carbonyl (C=O) groups excluding carboxylic acids is 1. The minimum absolute atomic E-state index is 0.0156. The van der Waals surface area contributed by atoms with Crippen LogP contribution >= 0.6 is 0 Å². The summed E-state index contributed by atoms with van der Waals surface area (Å²) in [6.07, 6.45) is 1.51. The van der Waals surface area contributed by atoms with Crippen LogP contribution in [0.3, 0.4) is 0 Å². The maximum absolute atomic E-state index is 12.8. The van der Waals surface area contributed by atoms with Crippen LogP contribution in [0, 0.1) is 10.1 Å². The molecule has 6 heteroatoms. The summed E-state index contributed by atoms with van der Waals surface area (Å²) in [5.74, 6) is -0.0156. The number of carbonyl (C=O) groups is 1. The molecule has 6 nitrogen and oxygen atoms in total. The molecule has 0 N–H and O–H groups in total. The molecule has 0 bridgehead atoms. The third-order valence-electron chi connectivity index (χ3n) is 5.08. The van der Waals surface area contributed by atoms with E-state index in [0.717, 1.165) is 22.9 Å². The highest BCUT2D eigenvalue weighted by Gasteiger charge is 2.29. The Balaban J connectivity index is 1.84. The summed E-state index contributed by atoms with van der Waals surface area (Å²) in [5, 5.41) is 12.0. The molecule has 1 aliphatic rings. The molecule has 1 aliphatic heterocycles. The summed E-state index contributed by atoms with van der Waals surface area (Å²) >= 11 is 0. The van der Waals surface area contributed by atoms with Crippen molar-refractivity contribution in [3.8, 4) is 0 Å². The molecule has 1 amide bonds. The molecular weight excluding hydrogens is 330 g/mol. The molecule has 2 heterocycles. The maximum Gasteiger partial charge on any atom is 0.270 e. The van der Waals surface area contributed by atoms with Crippen LogP contribution in [0.1, 0.15) is 21.6 Å². The lowest BCUT2D eigenvalue weighted by molar-refractivity contribution is -0.384. The number of aryl methyl sites for hydroxylation is 2. The predicted molar refractivity (Wildman–Crippen MR) is 99.4 cm³/mol. The van der Waals surface area contributed by atoms with Gasteiger partial charge in [0.05, 0.1) is 4.92 Å². The third kappa shape index (κ3) is 2.63. The van der Waals surface area contributed by atoms with E-state index in [4.69, 9.17) is 0 Å². The largest absolute Gasteiger partial charge is 0.340 e. The van der Waals surface area contributed by atoms with Crippen LogP contribution in [0.5, 0.6) is 0 Å². The quantitative estimate of drug-likeness (QED) is 0.535. The van der Waals surface area contributed by atoms with Gasteiger partial charge in [-0.25, -0.2) is 0 Å². The number of nitrogens with zero attached hydrogens (tertiary/aromatic N) is 3. The second-order valence-electron chi connectivity index (χ2n) is 6.65. The second-order valence-corrected chi connectivity index (χ2v) is 6.65. The monoisotopic (exact) mass is 349 g/mol. The van der Waals surface area contributed by atoms with Crippen LogP contribution < -0.4 is 0 Å². The van der Waals surface area contributed by atoms with Crippen molar-refractivity contribution in [2.45, 2.75) is 19.4 Å². The molecule has 1 aromatic heterocycles. The fourth-order valence-corrected chi connectivity index (χ4v) is 3.70. The van der Waals surface area contributed by atoms with E-state index in [1.54, 1.807) is 24.1 Å². The van der Waals surface area contributed by atoms with Gasteiger partial charge in [0.2, 0.25) is 0 Å². The van der Waals surface area contributed by atoms with Gasteiger partial charge in [-0.05, 0) is 30.0 Å². The van der Waals surface area contributed by atoms with Gasteiger partial charge >= 0.3 is 0 Å². The topological polar surface area (TPSA) is 68.4 Å². The Labute approximate surface area is 150 Å². The van der Waals surface area contributed by atoms with Crippen molar-refractivity contribution in [3.63, 3.8) is 0 Å². The van der Waals surface area contributed by atoms with Crippen LogP contribution in [-0.4, -0.2) is 33.9 Å². The Kier molecular flexibility index (Phi) is 3.95. The molecule has 0 atom stereocenters. The van der Waals surface area contributed by atoms with E-state index in [-0.39, 0.29) is 16.5 Å². The molecule has 2 aromatic carbocycles. The summed E-state index contributed by atoms with van der Waals surface area (Å²) < 4.78 is 2.03. The van der Waals surface area contributed by atoms with Crippen molar-refractivity contribution in [1.82, 2.24) is 9.47 Å². The SMILES string of the molecule is CN1CCc2c(n(CCc3ccccc3)c3ccc([N+](=O)[O-])cc23)C1=O. The normalized spacial score (nSPS) is 13.9. The Morgan fingerprint density at radius 3 is 2.65 bits per heavy atom. The highest BCUT2D eigenvalue weighted by molar-refractivity contribution is 6.03. The molecule has 0 radical (unpaired) electrons. The Morgan fingerprint density at radius 2 is 1.92 bits per heavy atom. The summed E-state index contributed by atoms with van der Waals surface area (Å²) in [5.41, 5.74) is 3.75. The molecule has 0 aliphatic carbocycles. The van der Waals surface area contributed by atoms with E-state index >= 15 is 0 Å². The smallest absolute Gasteiger partial charge is 0.270 e. The number of benzene rings is 2. The first kappa shape index (κ1) is 16.3. The van der Waals surface area contributed by atoms with Crippen molar-refractivity contribution in [3.05, 3.63) is 75.5 Å². The maximum atomic E-state index is 12.8. The summed E-state index contributed by atoms with van der Waals surface area (Å²) in [6, 6.07) is 15.0. The molecule has 0 spiro atoms. The summed E-state index contributed by atoms with van der Waals surface area (Å²) in [6.45, 7) is 1.29. The molecule has 132 valence electrons. The van der Waals surface area contributed by atoms with Crippen molar-refractivity contribution in [2.24, 2.45) is 0 Å². The number of aromatic nitrogens is 1. The van der Waals surface area contributed by atoms with E-state index in [2.05, 4.69) is 12.1 Å². The van der Waals surface area contributed by atoms with Crippen LogP contribution in [0.15, 0.2) is 48.5 Å². The summed E-state index contributed by atoms with van der Waals surface area (Å²) in [4.78, 5) is 25.3. The number of rotatable bonds is 4. The minimum atomic E-state index is -0.385. The minimum Gasteiger partial charge on any atom is -0.340 e. The van der Waals surface area contributed by atoms with Crippen molar-refractivity contribution >= 4 is 22.5 Å². The van der Waals surface area contributed by atoms with Gasteiger partial charge in [-0.2, -0.15) is 0 Å². The zero-order valence-corrected chi connectivity index (χ0v) is 14.5. The van der Waals surface area contributed by atoms with E-state index < -0.39 is 0 Å². The average molecular weight is 349 g/mol. The Bertz CT molecular complexity index is 1010.